The predicted octanol–water partition coefficient (Wildman–Crippen LogP) is 3.36. The first-order chi connectivity index (χ1) is 13.8. The first kappa shape index (κ1) is 20.1. The number of benzene rings is 2. The quantitative estimate of drug-likeness (QED) is 0.658. The molecule has 0 spiro atoms. The zero-order chi connectivity index (χ0) is 21.0. The molecule has 29 heavy (non-hydrogen) atoms. The molecule has 0 saturated heterocycles. The summed E-state index contributed by atoms with van der Waals surface area (Å²) in [5, 5.41) is 8.87. The van der Waals surface area contributed by atoms with E-state index in [-0.39, 0.29) is 18.7 Å². The van der Waals surface area contributed by atoms with Crippen molar-refractivity contribution in [2.24, 2.45) is 0 Å². The van der Waals surface area contributed by atoms with Crippen LogP contribution < -0.4 is 10.5 Å². The smallest absolute Gasteiger partial charge is 0.310 e. The minimum Gasteiger partial charge on any atom is -0.310 e. The minimum absolute atomic E-state index is 0.00601. The Morgan fingerprint density at radius 1 is 1.17 bits per heavy atom. The molecule has 6 nitrogen and oxygen atoms in total. The van der Waals surface area contributed by atoms with Crippen molar-refractivity contribution < 1.29 is 18.0 Å². The molecule has 0 saturated carbocycles. The molecule has 3 aromatic rings. The highest BCUT2D eigenvalue weighted by atomic mass is 19.4. The summed E-state index contributed by atoms with van der Waals surface area (Å²) < 4.78 is 40.4. The molecule has 0 radical (unpaired) electrons. The maximum atomic E-state index is 13.1. The third-order valence-corrected chi connectivity index (χ3v) is 4.28. The molecular weight excluding hydrogens is 385 g/mol. The number of hydrogen-bond acceptors (Lipinski definition) is 4. The molecule has 1 aromatic heterocycles. The van der Waals surface area contributed by atoms with Gasteiger partial charge in [-0.05, 0) is 30.3 Å². The van der Waals surface area contributed by atoms with Crippen molar-refractivity contribution in [2.75, 3.05) is 11.4 Å². The van der Waals surface area contributed by atoms with Gasteiger partial charge in [0, 0.05) is 12.2 Å². The Bertz CT molecular complexity index is 1150. The van der Waals surface area contributed by atoms with Crippen molar-refractivity contribution >= 4 is 22.6 Å². The van der Waals surface area contributed by atoms with Crippen LogP contribution in [0.5, 0.6) is 0 Å². The molecule has 1 amide bonds. The number of aromatic nitrogens is 2. The fourth-order valence-corrected chi connectivity index (χ4v) is 2.91. The van der Waals surface area contributed by atoms with Crippen LogP contribution >= 0.6 is 0 Å². The van der Waals surface area contributed by atoms with E-state index in [0.717, 1.165) is 23.2 Å². The summed E-state index contributed by atoms with van der Waals surface area (Å²) in [6.45, 7) is -0.502. The number of nitriles is 1. The molecule has 0 aliphatic rings. The average Bonchev–Trinajstić information content (AvgIpc) is 2.70. The van der Waals surface area contributed by atoms with Gasteiger partial charge in [-0.15, -0.1) is 0 Å². The van der Waals surface area contributed by atoms with Crippen molar-refractivity contribution in [2.45, 2.75) is 19.1 Å². The fraction of sp³-hybridized carbons (Fsp3) is 0.200. The summed E-state index contributed by atoms with van der Waals surface area (Å²) in [7, 11) is 0. The molecule has 0 unspecified atom stereocenters. The van der Waals surface area contributed by atoms with E-state index in [4.69, 9.17) is 5.26 Å². The second-order valence-electron chi connectivity index (χ2n) is 6.17. The number of anilines is 1. The molecule has 148 valence electrons. The topological polar surface area (TPSA) is 79.0 Å². The van der Waals surface area contributed by atoms with Crippen LogP contribution in [0.15, 0.2) is 59.5 Å². The number of alkyl halides is 3. The lowest BCUT2D eigenvalue weighted by molar-refractivity contribution is -0.137. The van der Waals surface area contributed by atoms with Crippen LogP contribution in [-0.4, -0.2) is 22.0 Å². The van der Waals surface area contributed by atoms with Crippen LogP contribution in [0.4, 0.5) is 18.9 Å². The van der Waals surface area contributed by atoms with E-state index in [0.29, 0.717) is 11.0 Å². The second-order valence-corrected chi connectivity index (χ2v) is 6.17. The van der Waals surface area contributed by atoms with Gasteiger partial charge in [-0.25, -0.2) is 4.98 Å². The van der Waals surface area contributed by atoms with Gasteiger partial charge in [0.1, 0.15) is 6.54 Å². The van der Waals surface area contributed by atoms with Gasteiger partial charge < -0.3 is 4.90 Å². The lowest BCUT2D eigenvalue weighted by atomic mass is 10.1. The fourth-order valence-electron chi connectivity index (χ4n) is 2.91. The van der Waals surface area contributed by atoms with Crippen molar-refractivity contribution in [1.29, 1.82) is 5.26 Å². The van der Waals surface area contributed by atoms with Gasteiger partial charge in [-0.2, -0.15) is 18.4 Å². The SMILES string of the molecule is N#CCCN(C(=O)Cn1c(=O)cnc2ccccc21)c1cccc(C(F)(F)F)c1. The Balaban J connectivity index is 1.99. The van der Waals surface area contributed by atoms with Crippen molar-refractivity contribution in [1.82, 2.24) is 9.55 Å². The minimum atomic E-state index is -4.57. The van der Waals surface area contributed by atoms with Crippen molar-refractivity contribution in [3.8, 4) is 6.07 Å². The first-order valence-corrected chi connectivity index (χ1v) is 8.60. The number of para-hydroxylation sites is 2. The molecule has 2 aromatic carbocycles. The summed E-state index contributed by atoms with van der Waals surface area (Å²) in [5.41, 5.74) is -0.482. The molecule has 0 fully saturated rings. The lowest BCUT2D eigenvalue weighted by Gasteiger charge is -2.23. The number of hydrogen-bond donors (Lipinski definition) is 0. The maximum absolute atomic E-state index is 13.1. The highest BCUT2D eigenvalue weighted by molar-refractivity contribution is 5.94. The number of halogens is 3. The van der Waals surface area contributed by atoms with Crippen LogP contribution in [0.2, 0.25) is 0 Å². The Hall–Kier alpha value is -3.67. The number of rotatable bonds is 5. The zero-order valence-electron chi connectivity index (χ0n) is 15.1. The van der Waals surface area contributed by atoms with E-state index in [9.17, 15) is 22.8 Å². The Morgan fingerprint density at radius 3 is 2.66 bits per heavy atom. The number of carbonyl (C=O) groups excluding carboxylic acids is 1. The van der Waals surface area contributed by atoms with E-state index in [1.807, 2.05) is 6.07 Å². The highest BCUT2D eigenvalue weighted by Gasteiger charge is 2.31. The van der Waals surface area contributed by atoms with E-state index in [1.54, 1.807) is 24.3 Å². The lowest BCUT2D eigenvalue weighted by Crippen LogP contribution is -2.37. The molecular formula is C20H15F3N4O2. The van der Waals surface area contributed by atoms with Crippen molar-refractivity contribution in [3.63, 3.8) is 0 Å². The van der Waals surface area contributed by atoms with Gasteiger partial charge >= 0.3 is 6.18 Å². The third kappa shape index (κ3) is 4.43. The number of fused-ring (bicyclic) bond motifs is 1. The molecule has 0 aliphatic carbocycles. The van der Waals surface area contributed by atoms with Gasteiger partial charge in [0.15, 0.2) is 0 Å². The van der Waals surface area contributed by atoms with Crippen LogP contribution in [0.1, 0.15) is 12.0 Å². The summed E-state index contributed by atoms with van der Waals surface area (Å²) in [5.74, 6) is -0.613. The van der Waals surface area contributed by atoms with Gasteiger partial charge in [0.25, 0.3) is 5.56 Å². The Labute approximate surface area is 163 Å². The average molecular weight is 400 g/mol. The summed E-state index contributed by atoms with van der Waals surface area (Å²) in [4.78, 5) is 30.3. The van der Waals surface area contributed by atoms with Crippen LogP contribution in [0.25, 0.3) is 11.0 Å². The normalized spacial score (nSPS) is 11.2. The molecule has 0 bridgehead atoms. The number of carbonyl (C=O) groups is 1. The van der Waals surface area contributed by atoms with Crippen LogP contribution in [0.3, 0.4) is 0 Å². The maximum Gasteiger partial charge on any atom is 0.416 e. The van der Waals surface area contributed by atoms with Crippen LogP contribution in [0, 0.1) is 11.3 Å². The van der Waals surface area contributed by atoms with Gasteiger partial charge in [0.05, 0.1) is 35.3 Å². The number of nitrogens with zero attached hydrogens (tertiary/aromatic N) is 4. The van der Waals surface area contributed by atoms with Gasteiger partial charge in [-0.1, -0.05) is 18.2 Å². The number of amides is 1. The summed E-state index contributed by atoms with van der Waals surface area (Å²) in [6, 6.07) is 12.9. The molecule has 3 rings (SSSR count). The molecule has 0 atom stereocenters. The zero-order valence-corrected chi connectivity index (χ0v) is 15.1. The monoisotopic (exact) mass is 400 g/mol. The predicted molar refractivity (Wildman–Crippen MR) is 100 cm³/mol. The molecule has 0 aliphatic heterocycles. The van der Waals surface area contributed by atoms with E-state index in [2.05, 4.69) is 4.98 Å². The first-order valence-electron chi connectivity index (χ1n) is 8.60. The van der Waals surface area contributed by atoms with E-state index < -0.39 is 29.8 Å². The summed E-state index contributed by atoms with van der Waals surface area (Å²) in [6.07, 6.45) is -3.56. The van der Waals surface area contributed by atoms with E-state index in [1.165, 1.54) is 16.7 Å². The highest BCUT2D eigenvalue weighted by Crippen LogP contribution is 2.31. The van der Waals surface area contributed by atoms with Crippen molar-refractivity contribution in [3.05, 3.63) is 70.6 Å². The Kier molecular flexibility index (Phi) is 5.64. The molecule has 9 heteroatoms. The van der Waals surface area contributed by atoms with E-state index >= 15 is 0 Å². The third-order valence-electron chi connectivity index (χ3n) is 4.28. The Morgan fingerprint density at radius 2 is 1.93 bits per heavy atom. The molecule has 1 heterocycles. The summed E-state index contributed by atoms with van der Waals surface area (Å²) >= 11 is 0. The van der Waals surface area contributed by atoms with Gasteiger partial charge in [0.2, 0.25) is 5.91 Å². The van der Waals surface area contributed by atoms with Crippen LogP contribution in [-0.2, 0) is 17.5 Å². The largest absolute Gasteiger partial charge is 0.416 e. The second kappa shape index (κ2) is 8.14. The standard InChI is InChI=1S/C20H15F3N4O2/c21-20(22,23)14-5-3-6-15(11-14)26(10-4-9-24)19(29)13-27-17-8-2-1-7-16(17)25-12-18(27)28/h1-3,5-8,11-12H,4,10,13H2. The molecule has 0 N–H and O–H groups in total. The van der Waals surface area contributed by atoms with Gasteiger partial charge in [-0.3, -0.25) is 14.2 Å².